The van der Waals surface area contributed by atoms with Gasteiger partial charge in [-0.25, -0.2) is 0 Å². The smallest absolute Gasteiger partial charge is 0.320 e. The normalized spacial score (nSPS) is 15.4. The van der Waals surface area contributed by atoms with Crippen LogP contribution in [0.4, 0.5) is 0 Å². The summed E-state index contributed by atoms with van der Waals surface area (Å²) in [5.74, 6) is 0.105. The summed E-state index contributed by atoms with van der Waals surface area (Å²) in [7, 11) is 0. The zero-order chi connectivity index (χ0) is 13.7. The number of ether oxygens (including phenoxy) is 1. The molecule has 0 fully saturated rings. The van der Waals surface area contributed by atoms with Crippen molar-refractivity contribution in [2.45, 2.75) is 44.6 Å². The Morgan fingerprint density at radius 3 is 3.05 bits per heavy atom. The van der Waals surface area contributed by atoms with Gasteiger partial charge in [0.05, 0.1) is 6.61 Å². The number of carboxylic acid groups (broad SMARTS) is 1. The quantitative estimate of drug-likeness (QED) is 0.771. The number of fused-ring (bicyclic) bond motifs is 1. The molecule has 3 N–H and O–H groups in total. The average Bonchev–Trinajstić information content (AvgIpc) is 2.43. The summed E-state index contributed by atoms with van der Waals surface area (Å²) >= 11 is 0. The van der Waals surface area contributed by atoms with Crippen molar-refractivity contribution >= 4 is 5.97 Å². The maximum atomic E-state index is 10.6. The van der Waals surface area contributed by atoms with Crippen LogP contribution in [0.25, 0.3) is 0 Å². The summed E-state index contributed by atoms with van der Waals surface area (Å²) in [5.41, 5.74) is 8.07. The van der Waals surface area contributed by atoms with Crippen molar-refractivity contribution in [1.82, 2.24) is 0 Å². The molecule has 1 aromatic carbocycles. The molecule has 0 saturated carbocycles. The molecular weight excluding hydrogens is 242 g/mol. The van der Waals surface area contributed by atoms with E-state index in [0.29, 0.717) is 6.42 Å². The van der Waals surface area contributed by atoms with Crippen LogP contribution in [-0.2, 0) is 17.6 Å². The molecule has 0 bridgehead atoms. The zero-order valence-electron chi connectivity index (χ0n) is 11.1. The number of aliphatic carboxylic acids is 1. The maximum absolute atomic E-state index is 10.6. The molecule has 19 heavy (non-hydrogen) atoms. The fraction of sp³-hybridized carbons (Fsp3) is 0.533. The second kappa shape index (κ2) is 6.57. The first-order chi connectivity index (χ1) is 9.16. The number of hydrogen-bond acceptors (Lipinski definition) is 3. The molecule has 0 aromatic heterocycles. The van der Waals surface area contributed by atoms with Gasteiger partial charge in [-0.05, 0) is 49.3 Å². The third-order valence-corrected chi connectivity index (χ3v) is 3.52. The molecule has 4 heteroatoms. The van der Waals surface area contributed by atoms with Crippen LogP contribution in [0.5, 0.6) is 5.75 Å². The van der Waals surface area contributed by atoms with Crippen molar-refractivity contribution in [2.24, 2.45) is 5.73 Å². The van der Waals surface area contributed by atoms with E-state index >= 15 is 0 Å². The second-order valence-electron chi connectivity index (χ2n) is 5.08. The highest BCUT2D eigenvalue weighted by Crippen LogP contribution is 2.26. The van der Waals surface area contributed by atoms with Crippen LogP contribution in [0.2, 0.25) is 0 Å². The van der Waals surface area contributed by atoms with Gasteiger partial charge in [0.1, 0.15) is 11.8 Å². The second-order valence-corrected chi connectivity index (χ2v) is 5.08. The van der Waals surface area contributed by atoms with Gasteiger partial charge >= 0.3 is 5.97 Å². The van der Waals surface area contributed by atoms with Crippen LogP contribution >= 0.6 is 0 Å². The first-order valence-electron chi connectivity index (χ1n) is 6.90. The molecule has 1 unspecified atom stereocenters. The largest absolute Gasteiger partial charge is 0.493 e. The lowest BCUT2D eigenvalue weighted by Gasteiger charge is -2.17. The van der Waals surface area contributed by atoms with Gasteiger partial charge in [0.25, 0.3) is 0 Å². The first-order valence-corrected chi connectivity index (χ1v) is 6.90. The number of aryl methyl sites for hydroxylation is 2. The molecule has 0 amide bonds. The molecule has 1 atom stereocenters. The van der Waals surface area contributed by atoms with Crippen molar-refractivity contribution in [3.63, 3.8) is 0 Å². The van der Waals surface area contributed by atoms with E-state index in [0.717, 1.165) is 44.5 Å². The predicted molar refractivity (Wildman–Crippen MR) is 73.4 cm³/mol. The zero-order valence-corrected chi connectivity index (χ0v) is 11.1. The number of rotatable bonds is 6. The molecule has 1 aliphatic heterocycles. The van der Waals surface area contributed by atoms with Crippen LogP contribution in [0.3, 0.4) is 0 Å². The SMILES string of the molecule is NC(CCCCc1ccc2c(c1)CCCO2)C(=O)O. The lowest BCUT2D eigenvalue weighted by Crippen LogP contribution is -2.29. The average molecular weight is 263 g/mol. The molecule has 1 aliphatic rings. The molecule has 0 spiro atoms. The molecule has 1 aromatic rings. The lowest BCUT2D eigenvalue weighted by molar-refractivity contribution is -0.138. The Kier molecular flexibility index (Phi) is 4.80. The monoisotopic (exact) mass is 263 g/mol. The third kappa shape index (κ3) is 3.96. The third-order valence-electron chi connectivity index (χ3n) is 3.52. The van der Waals surface area contributed by atoms with Gasteiger partial charge in [-0.3, -0.25) is 4.79 Å². The van der Waals surface area contributed by atoms with Gasteiger partial charge in [0, 0.05) is 0 Å². The van der Waals surface area contributed by atoms with Crippen molar-refractivity contribution in [1.29, 1.82) is 0 Å². The first kappa shape index (κ1) is 13.9. The summed E-state index contributed by atoms with van der Waals surface area (Å²) in [4.78, 5) is 10.6. The number of carboxylic acids is 1. The minimum Gasteiger partial charge on any atom is -0.493 e. The van der Waals surface area contributed by atoms with E-state index in [1.165, 1.54) is 11.1 Å². The predicted octanol–water partition coefficient (Wildman–Crippen LogP) is 2.14. The minimum absolute atomic E-state index is 0.545. The highest BCUT2D eigenvalue weighted by molar-refractivity contribution is 5.72. The standard InChI is InChI=1S/C15H21NO3/c16-13(15(17)18)6-2-1-4-11-7-8-14-12(10-11)5-3-9-19-14/h7-8,10,13H,1-6,9,16H2,(H,17,18). The molecule has 4 nitrogen and oxygen atoms in total. The summed E-state index contributed by atoms with van der Waals surface area (Å²) in [5, 5.41) is 8.69. The Balaban J connectivity index is 1.78. The highest BCUT2D eigenvalue weighted by Gasteiger charge is 2.12. The molecule has 0 aliphatic carbocycles. The fourth-order valence-electron chi connectivity index (χ4n) is 2.39. The van der Waals surface area contributed by atoms with Gasteiger partial charge < -0.3 is 15.6 Å². The van der Waals surface area contributed by atoms with E-state index in [1.807, 2.05) is 6.07 Å². The van der Waals surface area contributed by atoms with Crippen molar-refractivity contribution in [3.8, 4) is 5.75 Å². The van der Waals surface area contributed by atoms with Crippen LogP contribution in [-0.4, -0.2) is 23.7 Å². The summed E-state index contributed by atoms with van der Waals surface area (Å²) in [6.07, 6.45) is 5.52. The van der Waals surface area contributed by atoms with E-state index in [2.05, 4.69) is 12.1 Å². The van der Waals surface area contributed by atoms with Crippen LogP contribution in [0, 0.1) is 0 Å². The Morgan fingerprint density at radius 1 is 1.42 bits per heavy atom. The minimum atomic E-state index is -0.911. The Labute approximate surface area is 113 Å². The topological polar surface area (TPSA) is 72.5 Å². The van der Waals surface area contributed by atoms with Gasteiger partial charge in [0.2, 0.25) is 0 Å². The van der Waals surface area contributed by atoms with Crippen LogP contribution < -0.4 is 10.5 Å². The van der Waals surface area contributed by atoms with Crippen molar-refractivity contribution < 1.29 is 14.6 Å². The van der Waals surface area contributed by atoms with Crippen LogP contribution in [0.15, 0.2) is 18.2 Å². The number of nitrogens with two attached hydrogens (primary N) is 1. The lowest BCUT2D eigenvalue weighted by atomic mass is 9.99. The molecule has 2 rings (SSSR count). The number of benzene rings is 1. The van der Waals surface area contributed by atoms with Gasteiger partial charge in [0.15, 0.2) is 0 Å². The Hall–Kier alpha value is -1.55. The van der Waals surface area contributed by atoms with Crippen molar-refractivity contribution in [3.05, 3.63) is 29.3 Å². The van der Waals surface area contributed by atoms with E-state index in [4.69, 9.17) is 15.6 Å². The van der Waals surface area contributed by atoms with E-state index in [1.54, 1.807) is 0 Å². The van der Waals surface area contributed by atoms with Gasteiger partial charge in [-0.1, -0.05) is 18.6 Å². The van der Waals surface area contributed by atoms with Crippen molar-refractivity contribution in [2.75, 3.05) is 6.61 Å². The Morgan fingerprint density at radius 2 is 2.26 bits per heavy atom. The number of unbranched alkanes of at least 4 members (excludes halogenated alkanes) is 1. The molecule has 0 radical (unpaired) electrons. The van der Waals surface area contributed by atoms with E-state index in [9.17, 15) is 4.79 Å². The Bertz CT molecular complexity index is 445. The van der Waals surface area contributed by atoms with Gasteiger partial charge in [-0.15, -0.1) is 0 Å². The van der Waals surface area contributed by atoms with E-state index in [-0.39, 0.29) is 0 Å². The summed E-state index contributed by atoms with van der Waals surface area (Å²) < 4.78 is 5.58. The summed E-state index contributed by atoms with van der Waals surface area (Å²) in [6.45, 7) is 0.819. The van der Waals surface area contributed by atoms with Gasteiger partial charge in [-0.2, -0.15) is 0 Å². The molecule has 0 saturated heterocycles. The van der Waals surface area contributed by atoms with E-state index < -0.39 is 12.0 Å². The highest BCUT2D eigenvalue weighted by atomic mass is 16.5. The summed E-state index contributed by atoms with van der Waals surface area (Å²) in [6, 6.07) is 5.64. The maximum Gasteiger partial charge on any atom is 0.320 e. The molecule has 1 heterocycles. The van der Waals surface area contributed by atoms with Crippen LogP contribution in [0.1, 0.15) is 36.8 Å². The number of carbonyl (C=O) groups is 1. The fourth-order valence-corrected chi connectivity index (χ4v) is 2.39. The molecule has 104 valence electrons. The molecular formula is C15H21NO3. The number of hydrogen-bond donors (Lipinski definition) is 2.